The van der Waals surface area contributed by atoms with Crippen molar-refractivity contribution in [1.82, 2.24) is 14.9 Å². The Kier molecular flexibility index (Phi) is 5.59. The van der Waals surface area contributed by atoms with Crippen molar-refractivity contribution in [1.29, 1.82) is 0 Å². The number of nitrogens with zero attached hydrogens (tertiary/aromatic N) is 1. The van der Waals surface area contributed by atoms with E-state index in [1.807, 2.05) is 5.32 Å². The third kappa shape index (κ3) is 3.77. The molecule has 1 aliphatic rings. The summed E-state index contributed by atoms with van der Waals surface area (Å²) in [6.07, 6.45) is -5.46. The Balaban J connectivity index is 1.88. The van der Waals surface area contributed by atoms with Gasteiger partial charge in [-0.15, -0.1) is 0 Å². The van der Waals surface area contributed by atoms with Crippen LogP contribution < -0.4 is 16.2 Å². The summed E-state index contributed by atoms with van der Waals surface area (Å²) in [4.78, 5) is 40.2. The van der Waals surface area contributed by atoms with E-state index in [4.69, 9.17) is 12.2 Å². The molecule has 0 spiro atoms. The molecule has 1 aromatic heterocycles. The molecule has 0 saturated carbocycles. The van der Waals surface area contributed by atoms with Gasteiger partial charge in [0, 0.05) is 5.56 Å². The van der Waals surface area contributed by atoms with Crippen molar-refractivity contribution < 1.29 is 31.5 Å². The van der Waals surface area contributed by atoms with Crippen LogP contribution in [0.4, 0.5) is 27.8 Å². The first-order valence-corrected chi connectivity index (χ1v) is 9.93. The second-order valence-corrected chi connectivity index (χ2v) is 7.75. The Morgan fingerprint density at radius 2 is 1.56 bits per heavy atom. The molecule has 1 atom stereocenters. The van der Waals surface area contributed by atoms with Crippen molar-refractivity contribution >= 4 is 29.9 Å². The molecule has 0 aliphatic carbocycles. The van der Waals surface area contributed by atoms with Gasteiger partial charge in [-0.05, 0) is 54.2 Å². The summed E-state index contributed by atoms with van der Waals surface area (Å²) in [5.74, 6) is -4.95. The maximum Gasteiger partial charge on any atom is 0.425 e. The predicted octanol–water partition coefficient (Wildman–Crippen LogP) is 3.37. The Morgan fingerprint density at radius 1 is 1.00 bits per heavy atom. The first kappa shape index (κ1) is 23.3. The number of carbonyl (C=O) groups is 2. The molecule has 0 saturated heterocycles. The number of anilines is 1. The van der Waals surface area contributed by atoms with Gasteiger partial charge in [0.2, 0.25) is 0 Å². The maximum atomic E-state index is 14.4. The van der Waals surface area contributed by atoms with Crippen LogP contribution in [0.2, 0.25) is 0 Å². The highest BCUT2D eigenvalue weighted by Gasteiger charge is 2.68. The molecule has 7 nitrogen and oxygen atoms in total. The standard InChI is InChI=1S/C21H13F5N4O3S/c22-12-5-1-10(2-6-12)9-30-15-14(17(32)28-19(30)34)20(18(33)27-15,21(24,25)26)29-16(31)11-3-7-13(23)8-4-11/h1-8H,9H2,(H,27,33)(H,29,31)(H,28,32,34)/t20-/m1/s1. The van der Waals surface area contributed by atoms with Crippen molar-refractivity contribution in [2.24, 2.45) is 0 Å². The van der Waals surface area contributed by atoms with Crippen LogP contribution in [-0.2, 0) is 16.9 Å². The molecule has 3 aromatic rings. The van der Waals surface area contributed by atoms with E-state index in [1.165, 1.54) is 12.1 Å². The van der Waals surface area contributed by atoms with E-state index >= 15 is 0 Å². The molecule has 0 fully saturated rings. The van der Waals surface area contributed by atoms with Crippen molar-refractivity contribution in [3.8, 4) is 0 Å². The molecule has 176 valence electrons. The van der Waals surface area contributed by atoms with Gasteiger partial charge in [0.05, 0.1) is 6.54 Å². The molecule has 0 unspecified atom stereocenters. The lowest BCUT2D eigenvalue weighted by Crippen LogP contribution is -2.61. The number of rotatable bonds is 4. The van der Waals surface area contributed by atoms with Gasteiger partial charge in [-0.25, -0.2) is 8.78 Å². The zero-order valence-corrected chi connectivity index (χ0v) is 17.6. The Labute approximate surface area is 192 Å². The highest BCUT2D eigenvalue weighted by molar-refractivity contribution is 7.71. The summed E-state index contributed by atoms with van der Waals surface area (Å²) in [7, 11) is 0. The Morgan fingerprint density at radius 3 is 2.12 bits per heavy atom. The quantitative estimate of drug-likeness (QED) is 0.381. The summed E-state index contributed by atoms with van der Waals surface area (Å²) >= 11 is 5.07. The van der Waals surface area contributed by atoms with Crippen molar-refractivity contribution in [3.05, 3.63) is 92.0 Å². The number of aromatic nitrogens is 2. The van der Waals surface area contributed by atoms with E-state index < -0.39 is 52.1 Å². The number of hydrogen-bond donors (Lipinski definition) is 3. The lowest BCUT2D eigenvalue weighted by atomic mass is 9.91. The van der Waals surface area contributed by atoms with Gasteiger partial charge >= 0.3 is 6.18 Å². The molecular formula is C21H13F5N4O3S. The van der Waals surface area contributed by atoms with Crippen LogP contribution in [0.1, 0.15) is 21.5 Å². The van der Waals surface area contributed by atoms with Gasteiger partial charge in [0.15, 0.2) is 4.77 Å². The van der Waals surface area contributed by atoms with Gasteiger partial charge in [-0.2, -0.15) is 13.2 Å². The summed E-state index contributed by atoms with van der Waals surface area (Å²) in [6.45, 7) is -0.224. The van der Waals surface area contributed by atoms with Gasteiger partial charge in [-0.3, -0.25) is 23.9 Å². The van der Waals surface area contributed by atoms with Gasteiger partial charge in [0.25, 0.3) is 22.9 Å². The number of fused-ring (bicyclic) bond motifs is 1. The Bertz CT molecular complexity index is 1410. The van der Waals surface area contributed by atoms with Crippen LogP contribution in [0.5, 0.6) is 0 Å². The number of nitrogens with one attached hydrogen (secondary N) is 3. The molecule has 1 aliphatic heterocycles. The van der Waals surface area contributed by atoms with E-state index in [2.05, 4.69) is 4.98 Å². The van der Waals surface area contributed by atoms with Crippen LogP contribution in [0.3, 0.4) is 0 Å². The first-order valence-electron chi connectivity index (χ1n) is 9.52. The summed E-state index contributed by atoms with van der Waals surface area (Å²) in [5.41, 5.74) is -6.18. The minimum atomic E-state index is -5.46. The van der Waals surface area contributed by atoms with Gasteiger partial charge in [0.1, 0.15) is 23.0 Å². The second-order valence-electron chi connectivity index (χ2n) is 7.36. The van der Waals surface area contributed by atoms with Crippen molar-refractivity contribution in [3.63, 3.8) is 0 Å². The normalized spacial score (nSPS) is 17.3. The van der Waals surface area contributed by atoms with Crippen LogP contribution in [0.25, 0.3) is 0 Å². The van der Waals surface area contributed by atoms with Crippen LogP contribution in [-0.4, -0.2) is 27.5 Å². The third-order valence-electron chi connectivity index (χ3n) is 5.23. The largest absolute Gasteiger partial charge is 0.425 e. The number of hydrogen-bond acceptors (Lipinski definition) is 4. The fraction of sp³-hybridized carbons (Fsp3) is 0.143. The smallest absolute Gasteiger partial charge is 0.326 e. The Hall–Kier alpha value is -3.87. The number of alkyl halides is 3. The zero-order valence-electron chi connectivity index (χ0n) is 16.8. The average Bonchev–Trinajstić information content (AvgIpc) is 3.06. The van der Waals surface area contributed by atoms with E-state index in [0.717, 1.165) is 41.0 Å². The van der Waals surface area contributed by atoms with Gasteiger partial charge < -0.3 is 10.6 Å². The second kappa shape index (κ2) is 8.17. The minimum Gasteiger partial charge on any atom is -0.326 e. The number of benzene rings is 2. The molecular weight excluding hydrogens is 483 g/mol. The number of carbonyl (C=O) groups excluding carboxylic acids is 2. The number of H-pyrrole nitrogens is 1. The highest BCUT2D eigenvalue weighted by atomic mass is 32.1. The van der Waals surface area contributed by atoms with E-state index in [9.17, 15) is 36.3 Å². The van der Waals surface area contributed by atoms with E-state index in [0.29, 0.717) is 5.56 Å². The minimum absolute atomic E-state index is 0.224. The summed E-state index contributed by atoms with van der Waals surface area (Å²) in [5, 5.41) is 3.63. The molecule has 2 aromatic carbocycles. The molecule has 2 amide bonds. The fourth-order valence-corrected chi connectivity index (χ4v) is 3.84. The van der Waals surface area contributed by atoms with Gasteiger partial charge in [-0.1, -0.05) is 12.1 Å². The monoisotopic (exact) mass is 496 g/mol. The fourth-order valence-electron chi connectivity index (χ4n) is 3.59. The van der Waals surface area contributed by atoms with Crippen molar-refractivity contribution in [2.45, 2.75) is 18.3 Å². The SMILES string of the molecule is O=C(N[C@@]1(C(F)(F)F)C(=O)Nc2c1c(=O)[nH]c(=S)n2Cc1ccc(F)cc1)c1ccc(F)cc1. The van der Waals surface area contributed by atoms with Crippen LogP contribution in [0.15, 0.2) is 53.3 Å². The van der Waals surface area contributed by atoms with E-state index in [-0.39, 0.29) is 16.9 Å². The lowest BCUT2D eigenvalue weighted by Gasteiger charge is -2.30. The highest BCUT2D eigenvalue weighted by Crippen LogP contribution is 2.45. The van der Waals surface area contributed by atoms with Crippen LogP contribution in [0, 0.1) is 16.4 Å². The summed E-state index contributed by atoms with van der Waals surface area (Å²) < 4.78 is 70.3. The van der Waals surface area contributed by atoms with Crippen LogP contribution >= 0.6 is 12.2 Å². The third-order valence-corrected chi connectivity index (χ3v) is 5.56. The molecule has 0 bridgehead atoms. The summed E-state index contributed by atoms with van der Waals surface area (Å²) in [6, 6.07) is 8.48. The average molecular weight is 496 g/mol. The molecule has 13 heteroatoms. The van der Waals surface area contributed by atoms with E-state index in [1.54, 1.807) is 5.32 Å². The number of halogens is 5. The maximum absolute atomic E-state index is 14.4. The zero-order chi connectivity index (χ0) is 24.8. The number of aromatic amines is 1. The molecule has 34 heavy (non-hydrogen) atoms. The molecule has 4 rings (SSSR count). The molecule has 3 N–H and O–H groups in total. The van der Waals surface area contributed by atoms with Crippen molar-refractivity contribution in [2.75, 3.05) is 5.32 Å². The molecule has 0 radical (unpaired) electrons. The first-order chi connectivity index (χ1) is 15.9. The molecule has 2 heterocycles. The predicted molar refractivity (Wildman–Crippen MR) is 112 cm³/mol. The lowest BCUT2D eigenvalue weighted by molar-refractivity contribution is -0.196. The number of amides is 2. The topological polar surface area (TPSA) is 96.0 Å².